The van der Waals surface area contributed by atoms with Gasteiger partial charge in [-0.1, -0.05) is 0 Å². The number of benzene rings is 1. The number of nitrogen functional groups attached to an aromatic ring is 1. The summed E-state index contributed by atoms with van der Waals surface area (Å²) in [5.74, 6) is -1.13. The van der Waals surface area contributed by atoms with Crippen LogP contribution in [-0.4, -0.2) is 12.2 Å². The van der Waals surface area contributed by atoms with Crippen LogP contribution in [0, 0.1) is 5.82 Å². The van der Waals surface area contributed by atoms with Crippen LogP contribution in [0.3, 0.4) is 0 Å². The van der Waals surface area contributed by atoms with Crippen molar-refractivity contribution in [2.75, 3.05) is 12.8 Å². The molecule has 12 heavy (non-hydrogen) atoms. The number of nitrogens with two attached hydrogens (primary N) is 1. The van der Waals surface area contributed by atoms with Gasteiger partial charge in [-0.2, -0.15) is 0 Å². The molecule has 0 radical (unpaired) electrons. The van der Waals surface area contributed by atoms with Gasteiger partial charge in [-0.05, 0) is 15.9 Å². The molecule has 0 atom stereocenters. The van der Waals surface area contributed by atoms with Crippen molar-refractivity contribution in [3.63, 3.8) is 0 Å². The molecule has 1 aromatic rings. The quantitative estimate of drug-likeness (QED) is 0.578. The fraction of sp³-hybridized carbons (Fsp3) is 0.143. The molecule has 0 aliphatic carbocycles. The first kappa shape index (κ1) is 9.12. The van der Waals surface area contributed by atoms with Crippen molar-refractivity contribution in [2.45, 2.75) is 0 Å². The Morgan fingerprint density at radius 3 is 2.75 bits per heavy atom. The number of methoxy groups -OCH3 is 1. The molecule has 0 amide bonds. The Labute approximate surface area is 77.1 Å². The van der Waals surface area contributed by atoms with Crippen LogP contribution in [0.1, 0.15) is 0 Å². The Kier molecular flexibility index (Phi) is 2.42. The molecule has 0 spiro atoms. The van der Waals surface area contributed by atoms with Crippen LogP contribution in [-0.2, 0) is 0 Å². The van der Waals surface area contributed by atoms with Gasteiger partial charge in [-0.15, -0.1) is 0 Å². The Balaban J connectivity index is 3.39. The van der Waals surface area contributed by atoms with Gasteiger partial charge in [0.05, 0.1) is 17.3 Å². The van der Waals surface area contributed by atoms with E-state index in [1.54, 1.807) is 0 Å². The Hall–Kier alpha value is -0.970. The summed E-state index contributed by atoms with van der Waals surface area (Å²) in [5, 5.41) is 9.02. The molecule has 0 saturated heterocycles. The zero-order valence-electron chi connectivity index (χ0n) is 6.27. The average molecular weight is 236 g/mol. The van der Waals surface area contributed by atoms with Gasteiger partial charge in [-0.25, -0.2) is 4.39 Å². The SMILES string of the molecule is COc1cc(N)c(O)c(F)c1Br. The van der Waals surface area contributed by atoms with Crippen molar-refractivity contribution in [1.29, 1.82) is 0 Å². The minimum Gasteiger partial charge on any atom is -0.503 e. The summed E-state index contributed by atoms with van der Waals surface area (Å²) in [5.41, 5.74) is 5.23. The maximum Gasteiger partial charge on any atom is 0.184 e. The highest BCUT2D eigenvalue weighted by Crippen LogP contribution is 2.37. The van der Waals surface area contributed by atoms with Crippen molar-refractivity contribution < 1.29 is 14.2 Å². The van der Waals surface area contributed by atoms with Gasteiger partial charge in [0.1, 0.15) is 5.75 Å². The van der Waals surface area contributed by atoms with Crippen LogP contribution >= 0.6 is 15.9 Å². The van der Waals surface area contributed by atoms with E-state index in [1.165, 1.54) is 13.2 Å². The number of phenols is 1. The number of ether oxygens (including phenoxy) is 1. The third kappa shape index (κ3) is 1.32. The molecule has 0 saturated carbocycles. The molecular weight excluding hydrogens is 229 g/mol. The molecule has 0 aromatic heterocycles. The minimum absolute atomic E-state index is 0.0486. The third-order valence-electron chi connectivity index (χ3n) is 1.40. The lowest BCUT2D eigenvalue weighted by Gasteiger charge is -2.07. The molecule has 1 rings (SSSR count). The van der Waals surface area contributed by atoms with Crippen molar-refractivity contribution in [3.05, 3.63) is 16.4 Å². The van der Waals surface area contributed by atoms with E-state index < -0.39 is 11.6 Å². The summed E-state index contributed by atoms with van der Waals surface area (Å²) >= 11 is 2.91. The molecule has 0 aliphatic rings. The van der Waals surface area contributed by atoms with Gasteiger partial charge < -0.3 is 15.6 Å². The van der Waals surface area contributed by atoms with Crippen molar-refractivity contribution >= 4 is 21.6 Å². The lowest BCUT2D eigenvalue weighted by molar-refractivity contribution is 0.396. The fourth-order valence-electron chi connectivity index (χ4n) is 0.760. The molecule has 1 aromatic carbocycles. The highest BCUT2D eigenvalue weighted by Gasteiger charge is 2.14. The van der Waals surface area contributed by atoms with Crippen molar-refractivity contribution in [1.82, 2.24) is 0 Å². The molecule has 3 N–H and O–H groups in total. The predicted molar refractivity (Wildman–Crippen MR) is 46.7 cm³/mol. The number of anilines is 1. The first-order chi connectivity index (χ1) is 5.57. The van der Waals surface area contributed by atoms with E-state index in [2.05, 4.69) is 15.9 Å². The van der Waals surface area contributed by atoms with Crippen molar-refractivity contribution in [3.8, 4) is 11.5 Å². The number of rotatable bonds is 1. The summed E-state index contributed by atoms with van der Waals surface area (Å²) < 4.78 is 17.8. The predicted octanol–water partition coefficient (Wildman–Crippen LogP) is 1.88. The molecule has 66 valence electrons. The molecule has 0 bridgehead atoms. The summed E-state index contributed by atoms with van der Waals surface area (Å²) in [6.45, 7) is 0. The van der Waals surface area contributed by atoms with Gasteiger partial charge in [-0.3, -0.25) is 0 Å². The van der Waals surface area contributed by atoms with E-state index in [4.69, 9.17) is 15.6 Å². The average Bonchev–Trinajstić information content (AvgIpc) is 2.08. The monoisotopic (exact) mass is 235 g/mol. The molecule has 0 aliphatic heterocycles. The van der Waals surface area contributed by atoms with E-state index in [1.807, 2.05) is 0 Å². The zero-order valence-corrected chi connectivity index (χ0v) is 7.85. The van der Waals surface area contributed by atoms with Crippen LogP contribution < -0.4 is 10.5 Å². The fourth-order valence-corrected chi connectivity index (χ4v) is 1.22. The van der Waals surface area contributed by atoms with Gasteiger partial charge >= 0.3 is 0 Å². The molecule has 3 nitrogen and oxygen atoms in total. The molecule has 0 fully saturated rings. The first-order valence-corrected chi connectivity index (χ1v) is 3.87. The van der Waals surface area contributed by atoms with Crippen LogP contribution in [0.4, 0.5) is 10.1 Å². The van der Waals surface area contributed by atoms with Gasteiger partial charge in [0.25, 0.3) is 0 Å². The number of hydrogen-bond acceptors (Lipinski definition) is 3. The van der Waals surface area contributed by atoms with E-state index in [0.29, 0.717) is 0 Å². The Bertz CT molecular complexity index is 317. The maximum absolute atomic E-state index is 13.0. The standard InChI is InChI=1S/C7H7BrFNO2/c1-12-4-2-3(10)7(11)6(9)5(4)8/h2,11H,10H2,1H3. The summed E-state index contributed by atoms with van der Waals surface area (Å²) in [6, 6.07) is 1.34. The molecule has 0 heterocycles. The van der Waals surface area contributed by atoms with Gasteiger partial charge in [0, 0.05) is 6.07 Å². The second kappa shape index (κ2) is 3.18. The number of hydrogen-bond donors (Lipinski definition) is 2. The number of aromatic hydroxyl groups is 1. The Morgan fingerprint density at radius 1 is 1.67 bits per heavy atom. The Morgan fingerprint density at radius 2 is 2.25 bits per heavy atom. The van der Waals surface area contributed by atoms with Crippen LogP contribution in [0.5, 0.6) is 11.5 Å². The highest BCUT2D eigenvalue weighted by molar-refractivity contribution is 9.10. The summed E-state index contributed by atoms with van der Waals surface area (Å²) in [6.07, 6.45) is 0. The lowest BCUT2D eigenvalue weighted by atomic mass is 10.2. The summed E-state index contributed by atoms with van der Waals surface area (Å²) in [4.78, 5) is 0. The number of halogens is 2. The lowest BCUT2D eigenvalue weighted by Crippen LogP contribution is -1.93. The van der Waals surface area contributed by atoms with E-state index in [9.17, 15) is 4.39 Å². The van der Waals surface area contributed by atoms with Crippen molar-refractivity contribution in [2.24, 2.45) is 0 Å². The maximum atomic E-state index is 13.0. The topological polar surface area (TPSA) is 55.5 Å². The first-order valence-electron chi connectivity index (χ1n) is 3.08. The highest BCUT2D eigenvalue weighted by atomic mass is 79.9. The molecule has 5 heteroatoms. The summed E-state index contributed by atoms with van der Waals surface area (Å²) in [7, 11) is 1.38. The van der Waals surface area contributed by atoms with E-state index in [0.717, 1.165) is 0 Å². The minimum atomic E-state index is -0.813. The second-order valence-electron chi connectivity index (χ2n) is 2.14. The molecular formula is C7H7BrFNO2. The van der Waals surface area contributed by atoms with Crippen LogP contribution in [0.2, 0.25) is 0 Å². The third-order valence-corrected chi connectivity index (χ3v) is 2.14. The molecule has 0 unspecified atom stereocenters. The van der Waals surface area contributed by atoms with E-state index >= 15 is 0 Å². The van der Waals surface area contributed by atoms with Crippen LogP contribution in [0.15, 0.2) is 10.5 Å². The zero-order chi connectivity index (χ0) is 9.30. The smallest absolute Gasteiger partial charge is 0.184 e. The number of phenolic OH excluding ortho intramolecular Hbond substituents is 1. The van der Waals surface area contributed by atoms with Gasteiger partial charge in [0.15, 0.2) is 11.6 Å². The largest absolute Gasteiger partial charge is 0.503 e. The van der Waals surface area contributed by atoms with Crippen LogP contribution in [0.25, 0.3) is 0 Å². The van der Waals surface area contributed by atoms with Gasteiger partial charge in [0.2, 0.25) is 0 Å². The normalized spacial score (nSPS) is 9.92. The second-order valence-corrected chi connectivity index (χ2v) is 2.94. The van der Waals surface area contributed by atoms with E-state index in [-0.39, 0.29) is 15.9 Å².